The molecule has 1 fully saturated rings. The van der Waals surface area contributed by atoms with Crippen LogP contribution in [-0.2, 0) is 16.1 Å². The van der Waals surface area contributed by atoms with Crippen LogP contribution in [0.3, 0.4) is 0 Å². The van der Waals surface area contributed by atoms with Crippen molar-refractivity contribution < 1.29 is 14.0 Å². The van der Waals surface area contributed by atoms with Gasteiger partial charge in [0.2, 0.25) is 0 Å². The van der Waals surface area contributed by atoms with E-state index in [1.807, 2.05) is 0 Å². The molecule has 26 heavy (non-hydrogen) atoms. The zero-order valence-electron chi connectivity index (χ0n) is 13.1. The van der Waals surface area contributed by atoms with Gasteiger partial charge in [-0.2, -0.15) is 5.11 Å². The predicted octanol–water partition coefficient (Wildman–Crippen LogP) is 3.63. The van der Waals surface area contributed by atoms with Gasteiger partial charge in [0.15, 0.2) is 12.1 Å². The first-order valence-corrected chi connectivity index (χ1v) is 8.46. The molecule has 2 aliphatic heterocycles. The highest BCUT2D eigenvalue weighted by atomic mass is 35.5. The van der Waals surface area contributed by atoms with Crippen LogP contribution < -0.4 is 4.90 Å². The lowest BCUT2D eigenvalue weighted by Gasteiger charge is -2.21. The molecule has 4 rings (SSSR count). The van der Waals surface area contributed by atoms with Crippen molar-refractivity contribution in [2.45, 2.75) is 18.6 Å². The Bertz CT molecular complexity index is 915. The molecule has 2 atom stereocenters. The summed E-state index contributed by atoms with van der Waals surface area (Å²) in [7, 11) is 0. The van der Waals surface area contributed by atoms with Gasteiger partial charge in [0.25, 0.3) is 11.8 Å². The first kappa shape index (κ1) is 16.9. The van der Waals surface area contributed by atoms with Gasteiger partial charge in [0, 0.05) is 15.6 Å². The summed E-state index contributed by atoms with van der Waals surface area (Å²) in [5, 5.41) is 9.79. The van der Waals surface area contributed by atoms with Crippen molar-refractivity contribution in [3.05, 3.63) is 63.9 Å². The molecule has 0 bridgehead atoms. The predicted molar refractivity (Wildman–Crippen MR) is 93.3 cm³/mol. The number of hydrogen-bond donors (Lipinski definition) is 0. The highest BCUT2D eigenvalue weighted by Crippen LogP contribution is 2.34. The van der Waals surface area contributed by atoms with E-state index in [9.17, 15) is 14.0 Å². The third kappa shape index (κ3) is 2.64. The quantitative estimate of drug-likeness (QED) is 0.749. The second-order valence-corrected chi connectivity index (χ2v) is 6.72. The second-order valence-electron chi connectivity index (χ2n) is 5.88. The standard InChI is InChI=1S/C17H11Cl2FN4O2/c18-9-4-6-10(7-5-9)24-16(25)14-15(17(24)26)23(22-21-14)8-11-12(19)2-1-3-13(11)20/h1-7,14-15H,8H2. The van der Waals surface area contributed by atoms with Crippen molar-refractivity contribution >= 4 is 40.7 Å². The van der Waals surface area contributed by atoms with E-state index in [0.29, 0.717) is 10.7 Å². The second kappa shape index (κ2) is 6.34. The maximum absolute atomic E-state index is 14.0. The minimum absolute atomic E-state index is 0.0658. The van der Waals surface area contributed by atoms with E-state index < -0.39 is 29.7 Å². The summed E-state index contributed by atoms with van der Waals surface area (Å²) in [6.45, 7) is -0.0658. The van der Waals surface area contributed by atoms with Crippen LogP contribution in [0.5, 0.6) is 0 Å². The fraction of sp³-hybridized carbons (Fsp3) is 0.176. The minimum Gasteiger partial charge on any atom is -0.271 e. The van der Waals surface area contributed by atoms with Crippen molar-refractivity contribution in [3.8, 4) is 0 Å². The van der Waals surface area contributed by atoms with Crippen molar-refractivity contribution in [2.75, 3.05) is 4.90 Å². The molecule has 0 N–H and O–H groups in total. The maximum atomic E-state index is 14.0. The van der Waals surface area contributed by atoms with E-state index in [1.54, 1.807) is 30.3 Å². The Hall–Kier alpha value is -2.51. The smallest absolute Gasteiger partial charge is 0.263 e. The SMILES string of the molecule is O=C1C2N=NN(Cc3c(F)cccc3Cl)C2C(=O)N1c1ccc(Cl)cc1. The molecule has 2 heterocycles. The first-order chi connectivity index (χ1) is 12.5. The highest BCUT2D eigenvalue weighted by molar-refractivity contribution is 6.31. The lowest BCUT2D eigenvalue weighted by Crippen LogP contribution is -2.39. The van der Waals surface area contributed by atoms with Crippen LogP contribution in [0.15, 0.2) is 52.8 Å². The number of imide groups is 1. The van der Waals surface area contributed by atoms with Crippen molar-refractivity contribution in [1.29, 1.82) is 0 Å². The normalized spacial score (nSPS) is 21.7. The zero-order chi connectivity index (χ0) is 18.4. The molecule has 2 unspecified atom stereocenters. The topological polar surface area (TPSA) is 65.3 Å². The molecular weight excluding hydrogens is 382 g/mol. The van der Waals surface area contributed by atoms with Crippen LogP contribution in [0, 0.1) is 5.82 Å². The molecule has 132 valence electrons. The van der Waals surface area contributed by atoms with Gasteiger partial charge in [-0.15, -0.1) is 0 Å². The van der Waals surface area contributed by atoms with E-state index in [-0.39, 0.29) is 17.1 Å². The Morgan fingerprint density at radius 2 is 1.77 bits per heavy atom. The van der Waals surface area contributed by atoms with E-state index in [1.165, 1.54) is 17.1 Å². The van der Waals surface area contributed by atoms with Gasteiger partial charge >= 0.3 is 0 Å². The number of halogens is 3. The Morgan fingerprint density at radius 1 is 1.04 bits per heavy atom. The lowest BCUT2D eigenvalue weighted by atomic mass is 10.1. The Labute approximate surface area is 157 Å². The van der Waals surface area contributed by atoms with Crippen molar-refractivity contribution in [1.82, 2.24) is 5.01 Å². The Kier molecular flexibility index (Phi) is 4.13. The largest absolute Gasteiger partial charge is 0.271 e. The van der Waals surface area contributed by atoms with Crippen LogP contribution in [0.2, 0.25) is 10.0 Å². The summed E-state index contributed by atoms with van der Waals surface area (Å²) in [4.78, 5) is 26.5. The number of amides is 2. The van der Waals surface area contributed by atoms with E-state index in [2.05, 4.69) is 10.3 Å². The Morgan fingerprint density at radius 3 is 2.46 bits per heavy atom. The van der Waals surface area contributed by atoms with Crippen molar-refractivity contribution in [2.24, 2.45) is 10.3 Å². The number of hydrogen-bond acceptors (Lipinski definition) is 5. The molecule has 6 nitrogen and oxygen atoms in total. The average Bonchev–Trinajstić information content (AvgIpc) is 3.13. The summed E-state index contributed by atoms with van der Waals surface area (Å²) in [5.74, 6) is -1.46. The first-order valence-electron chi connectivity index (χ1n) is 7.71. The number of anilines is 1. The number of fused-ring (bicyclic) bond motifs is 1. The average molecular weight is 393 g/mol. The number of carbonyl (C=O) groups is 2. The number of carbonyl (C=O) groups excluding carboxylic acids is 2. The monoisotopic (exact) mass is 392 g/mol. The summed E-state index contributed by atoms with van der Waals surface area (Å²) in [5.41, 5.74) is 0.594. The van der Waals surface area contributed by atoms with Gasteiger partial charge < -0.3 is 0 Å². The summed E-state index contributed by atoms with van der Waals surface area (Å²) < 4.78 is 14.0. The van der Waals surface area contributed by atoms with E-state index in [4.69, 9.17) is 23.2 Å². The fourth-order valence-corrected chi connectivity index (χ4v) is 3.39. The van der Waals surface area contributed by atoms with E-state index in [0.717, 1.165) is 4.90 Å². The minimum atomic E-state index is -0.955. The van der Waals surface area contributed by atoms with Crippen LogP contribution in [0.1, 0.15) is 5.56 Å². The van der Waals surface area contributed by atoms with Gasteiger partial charge in [-0.1, -0.05) is 34.5 Å². The van der Waals surface area contributed by atoms with Gasteiger partial charge in [0.05, 0.1) is 12.2 Å². The molecular formula is C17H11Cl2FN4O2. The van der Waals surface area contributed by atoms with Crippen molar-refractivity contribution in [3.63, 3.8) is 0 Å². The number of rotatable bonds is 3. The van der Waals surface area contributed by atoms with Gasteiger partial charge in [0.1, 0.15) is 5.82 Å². The molecule has 2 aromatic carbocycles. The summed E-state index contributed by atoms with van der Waals surface area (Å²) in [6, 6.07) is 8.76. The molecule has 2 aromatic rings. The molecule has 9 heteroatoms. The lowest BCUT2D eigenvalue weighted by molar-refractivity contribution is -0.123. The molecule has 1 saturated heterocycles. The highest BCUT2D eigenvalue weighted by Gasteiger charge is 2.54. The Balaban J connectivity index is 1.63. The molecule has 0 radical (unpaired) electrons. The number of nitrogens with zero attached hydrogens (tertiary/aromatic N) is 4. The van der Waals surface area contributed by atoms with Crippen LogP contribution in [-0.4, -0.2) is 28.9 Å². The molecule has 0 aromatic heterocycles. The molecule has 0 spiro atoms. The van der Waals surface area contributed by atoms with Gasteiger partial charge in [-0.05, 0) is 36.4 Å². The molecule has 0 aliphatic carbocycles. The number of benzene rings is 2. The van der Waals surface area contributed by atoms with Crippen LogP contribution in [0.4, 0.5) is 10.1 Å². The van der Waals surface area contributed by atoms with Gasteiger partial charge in [-0.25, -0.2) is 9.29 Å². The molecule has 0 saturated carbocycles. The maximum Gasteiger partial charge on any atom is 0.263 e. The third-order valence-electron chi connectivity index (χ3n) is 4.32. The zero-order valence-corrected chi connectivity index (χ0v) is 14.7. The summed E-state index contributed by atoms with van der Waals surface area (Å²) >= 11 is 11.9. The van der Waals surface area contributed by atoms with Crippen LogP contribution in [0.25, 0.3) is 0 Å². The third-order valence-corrected chi connectivity index (χ3v) is 4.93. The van der Waals surface area contributed by atoms with Crippen LogP contribution >= 0.6 is 23.2 Å². The van der Waals surface area contributed by atoms with Gasteiger partial charge in [-0.3, -0.25) is 14.6 Å². The summed E-state index contributed by atoms with van der Waals surface area (Å²) in [6.07, 6.45) is 0. The molecule has 2 amide bonds. The fourth-order valence-electron chi connectivity index (χ4n) is 3.04. The van der Waals surface area contributed by atoms with E-state index >= 15 is 0 Å². The molecule has 2 aliphatic rings.